The normalized spacial score (nSPS) is 17.6. The van der Waals surface area contributed by atoms with Crippen molar-refractivity contribution >= 4 is 31.0 Å². The topological polar surface area (TPSA) is 82.8 Å². The Morgan fingerprint density at radius 1 is 1.18 bits per heavy atom. The van der Waals surface area contributed by atoms with Crippen molar-refractivity contribution in [3.05, 3.63) is 34.2 Å². The second kappa shape index (κ2) is 9.46. The SMILES string of the molecule is Cn1c(=O)n(COCC[Si](C)(C)C)c2cccc(C3CCN(C(=O)OC(C)(C)C)CC3=O)c21. The molecule has 1 unspecified atom stereocenters. The van der Waals surface area contributed by atoms with Crippen LogP contribution in [-0.2, 0) is 28.0 Å². The highest BCUT2D eigenvalue weighted by Crippen LogP contribution is 2.31. The maximum absolute atomic E-state index is 13.1. The molecule has 0 bridgehead atoms. The van der Waals surface area contributed by atoms with Gasteiger partial charge in [-0.25, -0.2) is 9.59 Å². The van der Waals surface area contributed by atoms with Crippen LogP contribution in [-0.4, -0.2) is 59.3 Å². The summed E-state index contributed by atoms with van der Waals surface area (Å²) in [7, 11) is 0.513. The van der Waals surface area contributed by atoms with Crippen LogP contribution in [0, 0.1) is 0 Å². The zero-order valence-corrected chi connectivity index (χ0v) is 21.9. The Labute approximate surface area is 196 Å². The highest BCUT2D eigenvalue weighted by Gasteiger charge is 2.34. The number of fused-ring (bicyclic) bond motifs is 1. The summed E-state index contributed by atoms with van der Waals surface area (Å²) in [5.41, 5.74) is 1.56. The van der Waals surface area contributed by atoms with Crippen LogP contribution in [0.5, 0.6) is 0 Å². The molecule has 0 aliphatic carbocycles. The van der Waals surface area contributed by atoms with Crippen LogP contribution in [0.1, 0.15) is 38.7 Å². The van der Waals surface area contributed by atoms with Gasteiger partial charge in [0.05, 0.1) is 17.6 Å². The highest BCUT2D eigenvalue weighted by atomic mass is 28.3. The minimum absolute atomic E-state index is 0.00439. The number of hydrogen-bond acceptors (Lipinski definition) is 5. The predicted molar refractivity (Wildman–Crippen MR) is 131 cm³/mol. The Bertz CT molecular complexity index is 1090. The van der Waals surface area contributed by atoms with E-state index in [0.717, 1.165) is 22.6 Å². The Hall–Kier alpha value is -2.39. The lowest BCUT2D eigenvalue weighted by atomic mass is 9.87. The van der Waals surface area contributed by atoms with Crippen molar-refractivity contribution in [2.75, 3.05) is 19.7 Å². The average molecular weight is 476 g/mol. The third kappa shape index (κ3) is 5.95. The van der Waals surface area contributed by atoms with Crippen LogP contribution >= 0.6 is 0 Å². The zero-order chi connectivity index (χ0) is 24.6. The van der Waals surface area contributed by atoms with Crippen LogP contribution < -0.4 is 5.69 Å². The minimum atomic E-state index is -1.22. The molecule has 1 atom stereocenters. The lowest BCUT2D eigenvalue weighted by Crippen LogP contribution is -2.45. The van der Waals surface area contributed by atoms with Crippen LogP contribution in [0.2, 0.25) is 25.7 Å². The van der Waals surface area contributed by atoms with E-state index in [2.05, 4.69) is 19.6 Å². The van der Waals surface area contributed by atoms with Crippen molar-refractivity contribution in [3.63, 3.8) is 0 Å². The van der Waals surface area contributed by atoms with Crippen LogP contribution in [0.4, 0.5) is 4.79 Å². The molecule has 3 rings (SSSR count). The van der Waals surface area contributed by atoms with Crippen molar-refractivity contribution in [2.45, 2.75) is 71.1 Å². The number of aromatic nitrogens is 2. The Kier molecular flexibility index (Phi) is 7.23. The summed E-state index contributed by atoms with van der Waals surface area (Å²) in [6, 6.07) is 6.71. The van der Waals surface area contributed by atoms with Gasteiger partial charge in [0.1, 0.15) is 12.3 Å². The van der Waals surface area contributed by atoms with Gasteiger partial charge in [-0.2, -0.15) is 0 Å². The van der Waals surface area contributed by atoms with Gasteiger partial charge in [0, 0.05) is 34.2 Å². The standard InChI is InChI=1S/C24H37N3O5Si/c1-24(2,3)32-23(30)26-12-11-17(20(28)15-26)18-9-8-10-19-21(18)25(4)22(29)27(19)16-31-13-14-33(5,6)7/h8-10,17H,11-16H2,1-7H3. The smallest absolute Gasteiger partial charge is 0.410 e. The van der Waals surface area contributed by atoms with Gasteiger partial charge in [0.15, 0.2) is 5.78 Å². The average Bonchev–Trinajstić information content (AvgIpc) is 2.94. The fraction of sp³-hybridized carbons (Fsp3) is 0.625. The quantitative estimate of drug-likeness (QED) is 0.467. The van der Waals surface area contributed by atoms with Crippen LogP contribution in [0.3, 0.4) is 0 Å². The van der Waals surface area contributed by atoms with Gasteiger partial charge in [-0.1, -0.05) is 31.8 Å². The molecule has 1 amide bonds. The molecule has 1 aromatic heterocycles. The third-order valence-electron chi connectivity index (χ3n) is 5.86. The number of benzene rings is 1. The van der Waals surface area contributed by atoms with Crippen molar-refractivity contribution in [1.29, 1.82) is 0 Å². The lowest BCUT2D eigenvalue weighted by molar-refractivity contribution is -0.123. The van der Waals surface area contributed by atoms with Gasteiger partial charge in [-0.3, -0.25) is 13.9 Å². The number of ketones is 1. The third-order valence-corrected chi connectivity index (χ3v) is 7.56. The first-order valence-corrected chi connectivity index (χ1v) is 15.3. The number of imidazole rings is 1. The van der Waals surface area contributed by atoms with E-state index < -0.39 is 19.8 Å². The molecule has 1 aliphatic heterocycles. The van der Waals surface area contributed by atoms with Gasteiger partial charge >= 0.3 is 11.8 Å². The Balaban J connectivity index is 1.81. The minimum Gasteiger partial charge on any atom is -0.444 e. The number of carbonyl (C=O) groups is 2. The second-order valence-corrected chi connectivity index (χ2v) is 16.7. The maximum Gasteiger partial charge on any atom is 0.410 e. The van der Waals surface area contributed by atoms with Gasteiger partial charge in [0.25, 0.3) is 0 Å². The summed E-state index contributed by atoms with van der Waals surface area (Å²) in [6.45, 7) is 13.5. The number of carbonyl (C=O) groups excluding carboxylic acids is 2. The number of rotatable bonds is 6. The fourth-order valence-corrected chi connectivity index (χ4v) is 4.84. The molecule has 0 saturated carbocycles. The molecule has 2 aromatic rings. The molecule has 2 heterocycles. The molecule has 1 aliphatic rings. The summed E-state index contributed by atoms with van der Waals surface area (Å²) < 4.78 is 14.5. The van der Waals surface area contributed by atoms with Gasteiger partial charge in [-0.15, -0.1) is 0 Å². The molecule has 0 radical (unpaired) electrons. The molecule has 0 spiro atoms. The number of piperidine rings is 1. The predicted octanol–water partition coefficient (Wildman–Crippen LogP) is 3.95. The second-order valence-electron chi connectivity index (χ2n) is 11.0. The van der Waals surface area contributed by atoms with Crippen molar-refractivity contribution in [1.82, 2.24) is 14.0 Å². The monoisotopic (exact) mass is 475 g/mol. The van der Waals surface area contributed by atoms with E-state index in [4.69, 9.17) is 9.47 Å². The number of aryl methyl sites for hydroxylation is 1. The molecule has 182 valence electrons. The molecule has 33 heavy (non-hydrogen) atoms. The summed E-state index contributed by atoms with van der Waals surface area (Å²) in [6.07, 6.45) is 0.0185. The number of amides is 1. The van der Waals surface area contributed by atoms with E-state index in [1.807, 2.05) is 18.2 Å². The lowest BCUT2D eigenvalue weighted by Gasteiger charge is -2.32. The first kappa shape index (κ1) is 25.2. The number of hydrogen-bond donors (Lipinski definition) is 0. The van der Waals surface area contributed by atoms with E-state index in [1.54, 1.807) is 37.0 Å². The number of Topliss-reactive ketones (excluding diaryl/α,β-unsaturated/α-hetero) is 1. The van der Waals surface area contributed by atoms with Crippen molar-refractivity contribution in [3.8, 4) is 0 Å². The van der Waals surface area contributed by atoms with Gasteiger partial charge in [-0.05, 0) is 44.9 Å². The molecule has 1 aromatic carbocycles. The summed E-state index contributed by atoms with van der Waals surface area (Å²) in [4.78, 5) is 39.9. The van der Waals surface area contributed by atoms with Crippen LogP contribution in [0.25, 0.3) is 11.0 Å². The number of likely N-dealkylation sites (tertiary alicyclic amines) is 1. The summed E-state index contributed by atoms with van der Waals surface area (Å²) in [5.74, 6) is -0.423. The molecule has 9 heteroatoms. The molecule has 1 fully saturated rings. The fourth-order valence-electron chi connectivity index (χ4n) is 4.09. The van der Waals surface area contributed by atoms with E-state index in [9.17, 15) is 14.4 Å². The molecule has 0 N–H and O–H groups in total. The van der Waals surface area contributed by atoms with Crippen LogP contribution in [0.15, 0.2) is 23.0 Å². The first-order valence-electron chi connectivity index (χ1n) is 11.5. The summed E-state index contributed by atoms with van der Waals surface area (Å²) in [5, 5.41) is 0. The zero-order valence-electron chi connectivity index (χ0n) is 20.9. The van der Waals surface area contributed by atoms with Gasteiger partial charge < -0.3 is 14.4 Å². The maximum atomic E-state index is 13.1. The molecular formula is C24H37N3O5Si. The molecule has 8 nitrogen and oxygen atoms in total. The number of ether oxygens (including phenoxy) is 2. The molecular weight excluding hydrogens is 438 g/mol. The van der Waals surface area contributed by atoms with E-state index in [0.29, 0.717) is 19.6 Å². The van der Waals surface area contributed by atoms with Gasteiger partial charge in [0.2, 0.25) is 0 Å². The first-order chi connectivity index (χ1) is 15.3. The van der Waals surface area contributed by atoms with Crippen molar-refractivity contribution in [2.24, 2.45) is 7.05 Å². The van der Waals surface area contributed by atoms with Crippen molar-refractivity contribution < 1.29 is 19.1 Å². The molecule has 1 saturated heterocycles. The number of nitrogens with zero attached hydrogens (tertiary/aromatic N) is 3. The Morgan fingerprint density at radius 3 is 2.48 bits per heavy atom. The Morgan fingerprint density at radius 2 is 1.88 bits per heavy atom. The summed E-state index contributed by atoms with van der Waals surface area (Å²) >= 11 is 0. The van der Waals surface area contributed by atoms with E-state index in [1.165, 1.54) is 4.90 Å². The highest BCUT2D eigenvalue weighted by molar-refractivity contribution is 6.76. The van der Waals surface area contributed by atoms with E-state index in [-0.39, 0.29) is 30.7 Å². The number of para-hydroxylation sites is 1. The largest absolute Gasteiger partial charge is 0.444 e. The van der Waals surface area contributed by atoms with E-state index >= 15 is 0 Å².